The van der Waals surface area contributed by atoms with Crippen molar-refractivity contribution in [3.8, 4) is 56.2 Å². The van der Waals surface area contributed by atoms with Gasteiger partial charge in [0.15, 0.2) is 5.82 Å². The first kappa shape index (κ1) is 21.5. The second-order valence-corrected chi connectivity index (χ2v) is 9.48. The van der Waals surface area contributed by atoms with Gasteiger partial charge < -0.3 is 0 Å². The summed E-state index contributed by atoms with van der Waals surface area (Å²) in [5.41, 5.74) is 13.0. The van der Waals surface area contributed by atoms with Crippen molar-refractivity contribution in [1.82, 2.24) is 9.97 Å². The van der Waals surface area contributed by atoms with Crippen LogP contribution in [-0.4, -0.2) is 9.97 Å². The van der Waals surface area contributed by atoms with Crippen LogP contribution < -0.4 is 0 Å². The molecule has 0 spiro atoms. The molecule has 6 aromatic rings. The highest BCUT2D eigenvalue weighted by molar-refractivity contribution is 5.81. The molecule has 0 amide bonds. The second kappa shape index (κ2) is 9.00. The smallest absolute Gasteiger partial charge is 0.160 e. The van der Waals surface area contributed by atoms with Gasteiger partial charge in [-0.15, -0.1) is 0 Å². The minimum Gasteiger partial charge on any atom is -0.228 e. The van der Waals surface area contributed by atoms with E-state index in [-0.39, 0.29) is 0 Å². The first-order valence-corrected chi connectivity index (χ1v) is 12.6. The third kappa shape index (κ3) is 4.03. The minimum atomic E-state index is 0.735. The van der Waals surface area contributed by atoms with Crippen LogP contribution in [0.4, 0.5) is 0 Å². The van der Waals surface area contributed by atoms with Crippen LogP contribution in [0, 0.1) is 0 Å². The Morgan fingerprint density at radius 2 is 0.919 bits per heavy atom. The molecule has 1 aromatic heterocycles. The first-order valence-electron chi connectivity index (χ1n) is 12.6. The van der Waals surface area contributed by atoms with E-state index in [1.807, 2.05) is 36.4 Å². The van der Waals surface area contributed by atoms with E-state index in [4.69, 9.17) is 9.97 Å². The Morgan fingerprint density at radius 3 is 1.65 bits per heavy atom. The lowest BCUT2D eigenvalue weighted by Crippen LogP contribution is -1.95. The van der Waals surface area contributed by atoms with Gasteiger partial charge in [0.1, 0.15) is 0 Å². The molecule has 0 unspecified atom stereocenters. The highest BCUT2D eigenvalue weighted by atomic mass is 14.9. The number of fused-ring (bicyclic) bond motifs is 3. The van der Waals surface area contributed by atoms with Crippen molar-refractivity contribution in [2.45, 2.75) is 6.42 Å². The van der Waals surface area contributed by atoms with Gasteiger partial charge in [-0.2, -0.15) is 0 Å². The summed E-state index contributed by atoms with van der Waals surface area (Å²) in [5.74, 6) is 0.735. The zero-order valence-corrected chi connectivity index (χ0v) is 20.3. The molecule has 1 aliphatic carbocycles. The molecular weight excluding hydrogens is 448 g/mol. The lowest BCUT2D eigenvalue weighted by atomic mass is 9.98. The van der Waals surface area contributed by atoms with Gasteiger partial charge in [0.05, 0.1) is 11.4 Å². The van der Waals surface area contributed by atoms with Crippen LogP contribution in [-0.2, 0) is 6.42 Å². The molecule has 0 bridgehead atoms. The van der Waals surface area contributed by atoms with E-state index in [9.17, 15) is 0 Å². The fourth-order valence-electron chi connectivity index (χ4n) is 5.23. The zero-order valence-electron chi connectivity index (χ0n) is 20.3. The first-order chi connectivity index (χ1) is 18.3. The summed E-state index contributed by atoms with van der Waals surface area (Å²) in [4.78, 5) is 9.86. The standard InChI is InChI=1S/C35H24N2/c1-3-9-25(10-4-1)33-23-34(37-35(36-33)27-11-5-2-6-12-27)26-17-15-24(16-18-26)28-19-20-32-30(21-28)22-29-13-7-8-14-31(29)32/h1-21,23H,22H2. The minimum absolute atomic E-state index is 0.735. The Balaban J connectivity index is 1.26. The maximum absolute atomic E-state index is 4.96. The SMILES string of the molecule is c1ccc(-c2cc(-c3ccc(-c4ccc5c(c4)Cc4ccccc4-5)cc3)nc(-c3ccccc3)n2)cc1. The summed E-state index contributed by atoms with van der Waals surface area (Å²) in [7, 11) is 0. The number of rotatable bonds is 4. The van der Waals surface area contributed by atoms with Gasteiger partial charge in [0, 0.05) is 16.7 Å². The third-order valence-corrected chi connectivity index (χ3v) is 7.14. The van der Waals surface area contributed by atoms with Gasteiger partial charge in [-0.1, -0.05) is 127 Å². The molecule has 2 nitrogen and oxygen atoms in total. The van der Waals surface area contributed by atoms with E-state index >= 15 is 0 Å². The van der Waals surface area contributed by atoms with Crippen LogP contribution in [0.3, 0.4) is 0 Å². The number of hydrogen-bond acceptors (Lipinski definition) is 2. The van der Waals surface area contributed by atoms with Gasteiger partial charge in [0.25, 0.3) is 0 Å². The van der Waals surface area contributed by atoms with Crippen molar-refractivity contribution in [3.05, 3.63) is 145 Å². The normalized spacial score (nSPS) is 11.7. The molecule has 1 aliphatic rings. The van der Waals surface area contributed by atoms with Gasteiger partial charge >= 0.3 is 0 Å². The van der Waals surface area contributed by atoms with E-state index < -0.39 is 0 Å². The van der Waals surface area contributed by atoms with Crippen LogP contribution in [0.2, 0.25) is 0 Å². The average molecular weight is 473 g/mol. The molecule has 0 saturated heterocycles. The Bertz CT molecular complexity index is 1660. The van der Waals surface area contributed by atoms with Gasteiger partial charge in [0.2, 0.25) is 0 Å². The highest BCUT2D eigenvalue weighted by Crippen LogP contribution is 2.38. The summed E-state index contributed by atoms with van der Waals surface area (Å²) in [6.07, 6.45) is 1.00. The number of benzene rings is 5. The van der Waals surface area contributed by atoms with Crippen molar-refractivity contribution >= 4 is 0 Å². The maximum Gasteiger partial charge on any atom is 0.160 e. The van der Waals surface area contributed by atoms with Crippen LogP contribution >= 0.6 is 0 Å². The number of aromatic nitrogens is 2. The van der Waals surface area contributed by atoms with Gasteiger partial charge in [-0.05, 0) is 45.9 Å². The zero-order chi connectivity index (χ0) is 24.6. The molecular formula is C35H24N2. The lowest BCUT2D eigenvalue weighted by Gasteiger charge is -2.10. The molecule has 0 fully saturated rings. The van der Waals surface area contributed by atoms with Gasteiger partial charge in [-0.25, -0.2) is 9.97 Å². The largest absolute Gasteiger partial charge is 0.228 e. The number of hydrogen-bond donors (Lipinski definition) is 0. The Labute approximate surface area is 217 Å². The molecule has 7 rings (SSSR count). The molecule has 0 radical (unpaired) electrons. The van der Waals surface area contributed by atoms with E-state index in [0.717, 1.165) is 40.3 Å². The Hall–Kier alpha value is -4.82. The summed E-state index contributed by atoms with van der Waals surface area (Å²) in [6.45, 7) is 0. The molecule has 0 aliphatic heterocycles. The quantitative estimate of drug-likeness (QED) is 0.256. The number of nitrogens with zero attached hydrogens (tertiary/aromatic N) is 2. The fraction of sp³-hybridized carbons (Fsp3) is 0.0286. The van der Waals surface area contributed by atoms with Crippen molar-refractivity contribution in [2.24, 2.45) is 0 Å². The van der Waals surface area contributed by atoms with Crippen molar-refractivity contribution in [3.63, 3.8) is 0 Å². The molecule has 0 atom stereocenters. The Morgan fingerprint density at radius 1 is 0.378 bits per heavy atom. The molecule has 174 valence electrons. The predicted octanol–water partition coefficient (Wildman–Crippen LogP) is 8.72. The Kier molecular flexibility index (Phi) is 5.22. The summed E-state index contributed by atoms with van der Waals surface area (Å²) < 4.78 is 0. The molecule has 5 aromatic carbocycles. The maximum atomic E-state index is 4.96. The monoisotopic (exact) mass is 472 g/mol. The van der Waals surface area contributed by atoms with E-state index in [0.29, 0.717) is 0 Å². The van der Waals surface area contributed by atoms with Crippen molar-refractivity contribution in [1.29, 1.82) is 0 Å². The molecule has 0 saturated carbocycles. The lowest BCUT2D eigenvalue weighted by molar-refractivity contribution is 1.18. The van der Waals surface area contributed by atoms with Crippen LogP contribution in [0.1, 0.15) is 11.1 Å². The highest BCUT2D eigenvalue weighted by Gasteiger charge is 2.18. The van der Waals surface area contributed by atoms with Crippen molar-refractivity contribution < 1.29 is 0 Å². The third-order valence-electron chi connectivity index (χ3n) is 7.14. The van der Waals surface area contributed by atoms with Gasteiger partial charge in [-0.3, -0.25) is 0 Å². The summed E-state index contributed by atoms with van der Waals surface area (Å²) in [5, 5.41) is 0. The average Bonchev–Trinajstić information content (AvgIpc) is 3.36. The topological polar surface area (TPSA) is 25.8 Å². The second-order valence-electron chi connectivity index (χ2n) is 9.48. The van der Waals surface area contributed by atoms with E-state index in [1.165, 1.54) is 33.4 Å². The van der Waals surface area contributed by atoms with Crippen LogP contribution in [0.25, 0.3) is 56.2 Å². The van der Waals surface area contributed by atoms with E-state index in [2.05, 4.69) is 97.1 Å². The van der Waals surface area contributed by atoms with Crippen molar-refractivity contribution in [2.75, 3.05) is 0 Å². The fourth-order valence-corrected chi connectivity index (χ4v) is 5.23. The molecule has 1 heterocycles. The molecule has 2 heteroatoms. The molecule has 0 N–H and O–H groups in total. The molecule has 37 heavy (non-hydrogen) atoms. The predicted molar refractivity (Wildman–Crippen MR) is 152 cm³/mol. The van der Waals surface area contributed by atoms with Crippen LogP contribution in [0.5, 0.6) is 0 Å². The summed E-state index contributed by atoms with van der Waals surface area (Å²) >= 11 is 0. The van der Waals surface area contributed by atoms with Crippen LogP contribution in [0.15, 0.2) is 133 Å². The summed E-state index contributed by atoms with van der Waals surface area (Å²) in [6, 6.07) is 46.9. The van der Waals surface area contributed by atoms with E-state index in [1.54, 1.807) is 0 Å².